The maximum absolute atomic E-state index is 10.3. The van der Waals surface area contributed by atoms with Gasteiger partial charge >= 0.3 is 5.97 Å². The van der Waals surface area contributed by atoms with Gasteiger partial charge in [-0.25, -0.2) is 0 Å². The molecule has 0 aliphatic rings. The molecule has 0 aromatic carbocycles. The molecule has 0 rings (SSSR count). The van der Waals surface area contributed by atoms with Gasteiger partial charge in [0.2, 0.25) is 0 Å². The van der Waals surface area contributed by atoms with E-state index >= 15 is 0 Å². The lowest BCUT2D eigenvalue weighted by Crippen LogP contribution is -2.11. The Morgan fingerprint density at radius 1 is 0.500 bits per heavy atom. The molecule has 0 heterocycles. The van der Waals surface area contributed by atoms with Gasteiger partial charge in [-0.15, -0.1) is 0 Å². The fourth-order valence-electron chi connectivity index (χ4n) is 2.35. The van der Waals surface area contributed by atoms with Crippen LogP contribution in [0.1, 0.15) is 125 Å². The van der Waals surface area contributed by atoms with Crippen molar-refractivity contribution in [3.63, 3.8) is 0 Å². The average Bonchev–Trinajstić information content (AvgIpc) is 2.80. The number of carbonyl (C=O) groups is 5. The molecule has 0 saturated heterocycles. The second-order valence-corrected chi connectivity index (χ2v) is 8.38. The number of hydrogen-bond acceptors (Lipinski definition) is 7. The SMILES string of the molecule is CC(=O)O.CC(=O)O.CC(=O)O.CC(=O)O.CCCCCCCC/C=C\CCCCCCCC(=O)O.NCCN. The molecule has 0 aliphatic heterocycles. The molecule has 0 atom stereocenters. The topological polar surface area (TPSA) is 239 Å². The number of allylic oxidation sites excluding steroid dienone is 2. The maximum Gasteiger partial charge on any atom is 0.303 e. The molecule has 12 nitrogen and oxygen atoms in total. The molecular weight excluding hydrogens is 524 g/mol. The zero-order valence-electron chi connectivity index (χ0n) is 25.4. The first kappa shape index (κ1) is 49.9. The van der Waals surface area contributed by atoms with Gasteiger partial charge in [-0.05, 0) is 32.1 Å². The van der Waals surface area contributed by atoms with Crippen LogP contribution < -0.4 is 11.5 Å². The summed E-state index contributed by atoms with van der Waals surface area (Å²) >= 11 is 0. The molecule has 0 unspecified atom stereocenters. The van der Waals surface area contributed by atoms with Crippen molar-refractivity contribution in [1.29, 1.82) is 0 Å². The van der Waals surface area contributed by atoms with Gasteiger partial charge in [0.1, 0.15) is 0 Å². The molecular formula is C28H58N2O10. The highest BCUT2D eigenvalue weighted by Crippen LogP contribution is 2.09. The van der Waals surface area contributed by atoms with Gasteiger partial charge in [-0.3, -0.25) is 24.0 Å². The van der Waals surface area contributed by atoms with E-state index in [-0.39, 0.29) is 0 Å². The van der Waals surface area contributed by atoms with Crippen molar-refractivity contribution < 1.29 is 49.5 Å². The van der Waals surface area contributed by atoms with Gasteiger partial charge in [0.05, 0.1) is 0 Å². The normalized spacial score (nSPS) is 8.88. The first-order chi connectivity index (χ1) is 18.6. The molecule has 0 aliphatic carbocycles. The summed E-state index contributed by atoms with van der Waals surface area (Å²) in [6, 6.07) is 0. The third-order valence-corrected chi connectivity index (χ3v) is 3.82. The van der Waals surface area contributed by atoms with E-state index in [1.165, 1.54) is 70.6 Å². The minimum absolute atomic E-state index is 0.332. The number of carboxylic acids is 5. The van der Waals surface area contributed by atoms with Crippen molar-refractivity contribution >= 4 is 29.8 Å². The quantitative estimate of drug-likeness (QED) is 0.0896. The lowest BCUT2D eigenvalue weighted by molar-refractivity contribution is -0.137. The minimum atomic E-state index is -0.833. The Hall–Kier alpha value is -2.99. The van der Waals surface area contributed by atoms with E-state index in [1.807, 2.05) is 0 Å². The van der Waals surface area contributed by atoms with Crippen molar-refractivity contribution in [2.45, 2.75) is 125 Å². The van der Waals surface area contributed by atoms with Crippen LogP contribution in [0.4, 0.5) is 0 Å². The maximum atomic E-state index is 10.3. The molecule has 0 aromatic rings. The Labute approximate surface area is 240 Å². The third-order valence-electron chi connectivity index (χ3n) is 3.82. The lowest BCUT2D eigenvalue weighted by atomic mass is 10.1. The summed E-state index contributed by atoms with van der Waals surface area (Å²) < 4.78 is 0. The molecule has 40 heavy (non-hydrogen) atoms. The smallest absolute Gasteiger partial charge is 0.303 e. The highest BCUT2D eigenvalue weighted by atomic mass is 16.4. The van der Waals surface area contributed by atoms with Crippen molar-refractivity contribution in [3.05, 3.63) is 12.2 Å². The third kappa shape index (κ3) is 180. The number of unbranched alkanes of at least 4 members (excludes halogenated alkanes) is 11. The average molecular weight is 583 g/mol. The largest absolute Gasteiger partial charge is 0.481 e. The van der Waals surface area contributed by atoms with Crippen molar-refractivity contribution in [1.82, 2.24) is 0 Å². The van der Waals surface area contributed by atoms with E-state index < -0.39 is 29.8 Å². The van der Waals surface area contributed by atoms with Gasteiger partial charge in [0.25, 0.3) is 23.9 Å². The molecule has 0 bridgehead atoms. The Morgan fingerprint density at radius 3 is 1.00 bits per heavy atom. The van der Waals surface area contributed by atoms with Gasteiger partial charge in [0, 0.05) is 47.2 Å². The van der Waals surface area contributed by atoms with E-state index in [1.54, 1.807) is 0 Å². The summed E-state index contributed by atoms with van der Waals surface area (Å²) in [7, 11) is 0. The lowest BCUT2D eigenvalue weighted by Gasteiger charge is -1.99. The van der Waals surface area contributed by atoms with Crippen LogP contribution in [0.15, 0.2) is 12.2 Å². The van der Waals surface area contributed by atoms with Crippen molar-refractivity contribution in [3.8, 4) is 0 Å². The molecule has 9 N–H and O–H groups in total. The zero-order chi connectivity index (χ0) is 32.6. The second-order valence-electron chi connectivity index (χ2n) is 8.38. The van der Waals surface area contributed by atoms with Crippen LogP contribution in [-0.4, -0.2) is 68.5 Å². The number of carboxylic acid groups (broad SMARTS) is 5. The van der Waals surface area contributed by atoms with E-state index in [4.69, 9.17) is 56.2 Å². The fraction of sp³-hybridized carbons (Fsp3) is 0.750. The monoisotopic (exact) mass is 582 g/mol. The number of hydrogen-bond donors (Lipinski definition) is 7. The summed E-state index contributed by atoms with van der Waals surface area (Å²) in [4.78, 5) is 46.3. The number of rotatable bonds is 16. The van der Waals surface area contributed by atoms with Crippen molar-refractivity contribution in [2.24, 2.45) is 11.5 Å². The molecule has 0 fully saturated rings. The van der Waals surface area contributed by atoms with Gasteiger partial charge in [0.15, 0.2) is 0 Å². The van der Waals surface area contributed by atoms with Crippen LogP contribution in [0, 0.1) is 0 Å². The molecule has 0 amide bonds. The fourth-order valence-corrected chi connectivity index (χ4v) is 2.35. The van der Waals surface area contributed by atoms with E-state index in [0.717, 1.165) is 40.5 Å². The summed E-state index contributed by atoms with van der Waals surface area (Å²) in [6.07, 6.45) is 21.2. The number of nitrogens with two attached hydrogens (primary N) is 2. The highest BCUT2D eigenvalue weighted by Gasteiger charge is 1.95. The molecule has 0 spiro atoms. The predicted molar refractivity (Wildman–Crippen MR) is 158 cm³/mol. The van der Waals surface area contributed by atoms with Gasteiger partial charge < -0.3 is 37.0 Å². The molecule has 12 heteroatoms. The summed E-state index contributed by atoms with van der Waals surface area (Å²) in [5.74, 6) is -4.00. The van der Waals surface area contributed by atoms with E-state index in [0.29, 0.717) is 19.5 Å². The Kier molecular flexibility index (Phi) is 61.1. The Bertz CT molecular complexity index is 532. The van der Waals surface area contributed by atoms with Crippen LogP contribution in [0.25, 0.3) is 0 Å². The molecule has 0 aromatic heterocycles. The summed E-state index contributed by atoms with van der Waals surface area (Å²) in [5, 5.41) is 38.2. The molecule has 0 radical (unpaired) electrons. The Morgan fingerprint density at radius 2 is 0.750 bits per heavy atom. The first-order valence-corrected chi connectivity index (χ1v) is 13.7. The Balaban J connectivity index is -0.000000116. The molecule has 0 saturated carbocycles. The van der Waals surface area contributed by atoms with Gasteiger partial charge in [-0.2, -0.15) is 0 Å². The van der Waals surface area contributed by atoms with Crippen LogP contribution in [0.3, 0.4) is 0 Å². The van der Waals surface area contributed by atoms with E-state index in [9.17, 15) is 4.79 Å². The second kappa shape index (κ2) is 49.0. The van der Waals surface area contributed by atoms with Crippen LogP contribution in [0.5, 0.6) is 0 Å². The minimum Gasteiger partial charge on any atom is -0.481 e. The predicted octanol–water partition coefficient (Wildman–Crippen LogP) is 5.38. The van der Waals surface area contributed by atoms with Crippen LogP contribution >= 0.6 is 0 Å². The first-order valence-electron chi connectivity index (χ1n) is 13.7. The highest BCUT2D eigenvalue weighted by molar-refractivity contribution is 5.66. The van der Waals surface area contributed by atoms with Crippen LogP contribution in [0.2, 0.25) is 0 Å². The standard InChI is InChI=1S/C18H34O2.C2H8N2.4C2H4O2/c1-2-3-4-5-6-7-8-9-10-11-12-13-14-15-16-17-18(19)20;3-1-2-4;4*1-2(3)4/h9-10H,2-8,11-17H2,1H3,(H,19,20);1-4H2;4*1H3,(H,3,4)/b10-9-;;;;;. The summed E-state index contributed by atoms with van der Waals surface area (Å²) in [5.41, 5.74) is 9.81. The van der Waals surface area contributed by atoms with Crippen molar-refractivity contribution in [2.75, 3.05) is 13.1 Å². The van der Waals surface area contributed by atoms with Gasteiger partial charge in [-0.1, -0.05) is 70.4 Å². The molecule has 240 valence electrons. The number of aliphatic carboxylic acids is 5. The van der Waals surface area contributed by atoms with E-state index in [2.05, 4.69) is 19.1 Å². The zero-order valence-corrected chi connectivity index (χ0v) is 25.4. The summed E-state index contributed by atoms with van der Waals surface area (Å²) in [6.45, 7) is 7.79. The van der Waals surface area contributed by atoms with Crippen LogP contribution in [-0.2, 0) is 24.0 Å².